The molecule has 156 valence electrons. The van der Waals surface area contributed by atoms with Gasteiger partial charge in [-0.2, -0.15) is 0 Å². The number of hydrogen-bond donors (Lipinski definition) is 0. The summed E-state index contributed by atoms with van der Waals surface area (Å²) in [5, 5.41) is 0. The molecule has 0 spiro atoms. The molecular weight excluding hydrogens is 368 g/mol. The van der Waals surface area contributed by atoms with Crippen LogP contribution in [0.2, 0.25) is 0 Å². The molecule has 0 bridgehead atoms. The summed E-state index contributed by atoms with van der Waals surface area (Å²) in [5.74, 6) is 1.35. The molecule has 1 aliphatic heterocycles. The lowest BCUT2D eigenvalue weighted by atomic mass is 9.85. The summed E-state index contributed by atoms with van der Waals surface area (Å²) < 4.78 is 16.7. The maximum absolute atomic E-state index is 13.4. The van der Waals surface area contributed by atoms with Crippen LogP contribution in [0.4, 0.5) is 16.2 Å². The molecule has 0 unspecified atom stereocenters. The molecule has 2 amide bonds. The topological polar surface area (TPSA) is 51.2 Å². The van der Waals surface area contributed by atoms with E-state index in [0.717, 1.165) is 17.7 Å². The molecule has 1 aliphatic rings. The van der Waals surface area contributed by atoms with E-state index >= 15 is 0 Å². The maximum atomic E-state index is 13.4. The van der Waals surface area contributed by atoms with Gasteiger partial charge in [0.15, 0.2) is 6.79 Å². The average molecular weight is 399 g/mol. The van der Waals surface area contributed by atoms with Crippen LogP contribution in [0, 0.1) is 0 Å². The highest BCUT2D eigenvalue weighted by atomic mass is 16.7. The van der Waals surface area contributed by atoms with Crippen molar-refractivity contribution >= 4 is 17.4 Å². The first-order valence-corrected chi connectivity index (χ1v) is 9.85. The van der Waals surface area contributed by atoms with Crippen molar-refractivity contribution in [3.05, 3.63) is 48.0 Å². The number of amides is 2. The highest BCUT2D eigenvalue weighted by molar-refractivity contribution is 6.05. The van der Waals surface area contributed by atoms with Crippen molar-refractivity contribution in [1.29, 1.82) is 0 Å². The van der Waals surface area contributed by atoms with Gasteiger partial charge in [-0.25, -0.2) is 4.79 Å². The fourth-order valence-electron chi connectivity index (χ4n) is 3.53. The Morgan fingerprint density at radius 2 is 1.69 bits per heavy atom. The monoisotopic (exact) mass is 398 g/mol. The second-order valence-corrected chi connectivity index (χ2v) is 8.10. The van der Waals surface area contributed by atoms with Crippen LogP contribution in [-0.2, 0) is 10.2 Å². The Hall–Kier alpha value is -2.73. The molecule has 6 heteroatoms. The normalized spacial score (nSPS) is 14.9. The van der Waals surface area contributed by atoms with Crippen molar-refractivity contribution in [3.8, 4) is 11.5 Å². The molecule has 1 heterocycles. The molecule has 3 rings (SSSR count). The van der Waals surface area contributed by atoms with E-state index in [0.29, 0.717) is 30.3 Å². The molecule has 0 aliphatic carbocycles. The molecule has 0 radical (unpaired) electrons. The highest BCUT2D eigenvalue weighted by Crippen LogP contribution is 2.43. The summed E-state index contributed by atoms with van der Waals surface area (Å²) in [7, 11) is 3.22. The van der Waals surface area contributed by atoms with Crippen LogP contribution in [0.5, 0.6) is 11.5 Å². The Labute approximate surface area is 173 Å². The Morgan fingerprint density at radius 3 is 2.31 bits per heavy atom. The number of carbonyl (C=O) groups is 1. The van der Waals surface area contributed by atoms with Gasteiger partial charge < -0.3 is 14.2 Å². The Balaban J connectivity index is 2.09. The summed E-state index contributed by atoms with van der Waals surface area (Å²) in [4.78, 5) is 17.0. The van der Waals surface area contributed by atoms with Crippen molar-refractivity contribution in [1.82, 2.24) is 0 Å². The molecule has 2 aromatic carbocycles. The van der Waals surface area contributed by atoms with Gasteiger partial charge in [0.05, 0.1) is 12.8 Å². The van der Waals surface area contributed by atoms with Crippen molar-refractivity contribution in [2.24, 2.45) is 0 Å². The molecule has 1 saturated heterocycles. The van der Waals surface area contributed by atoms with Gasteiger partial charge in [0.2, 0.25) is 0 Å². The van der Waals surface area contributed by atoms with Gasteiger partial charge in [-0.3, -0.25) is 9.80 Å². The molecule has 0 saturated carbocycles. The Bertz CT molecular complexity index is 846. The predicted octanol–water partition coefficient (Wildman–Crippen LogP) is 4.81. The number of urea groups is 1. The molecule has 6 nitrogen and oxygen atoms in total. The molecule has 0 aromatic heterocycles. The van der Waals surface area contributed by atoms with Gasteiger partial charge in [0.25, 0.3) is 0 Å². The fraction of sp³-hybridized carbons (Fsp3) is 0.435. The summed E-state index contributed by atoms with van der Waals surface area (Å²) in [6, 6.07) is 13.5. The second-order valence-electron chi connectivity index (χ2n) is 8.10. The van der Waals surface area contributed by atoms with Gasteiger partial charge in [-0.05, 0) is 30.0 Å². The third kappa shape index (κ3) is 4.48. The summed E-state index contributed by atoms with van der Waals surface area (Å²) in [6.07, 6.45) is 0.854. The lowest BCUT2D eigenvalue weighted by molar-refractivity contribution is 0.0501. The largest absolute Gasteiger partial charge is 0.497 e. The summed E-state index contributed by atoms with van der Waals surface area (Å²) in [6.45, 7) is 7.73. The van der Waals surface area contributed by atoms with Crippen LogP contribution >= 0.6 is 0 Å². The maximum Gasteiger partial charge on any atom is 0.329 e. The molecular formula is C23H30N2O4. The number of para-hydroxylation sites is 1. The standard InChI is InChI=1S/C23H30N2O4/c1-23(2,3)19-14-18(28-5)15-20(21(19)29-16-27-4)25-13-9-12-24(22(25)26)17-10-7-6-8-11-17/h6-8,10-11,14-15H,9,12-13,16H2,1-5H3. The van der Waals surface area contributed by atoms with Crippen LogP contribution in [0.25, 0.3) is 0 Å². The Morgan fingerprint density at radius 1 is 1.00 bits per heavy atom. The number of anilines is 2. The van der Waals surface area contributed by atoms with Gasteiger partial charge in [0, 0.05) is 37.5 Å². The van der Waals surface area contributed by atoms with E-state index in [9.17, 15) is 4.79 Å². The van der Waals surface area contributed by atoms with Crippen LogP contribution in [0.15, 0.2) is 42.5 Å². The van der Waals surface area contributed by atoms with Crippen LogP contribution in [0.1, 0.15) is 32.8 Å². The van der Waals surface area contributed by atoms with Crippen LogP contribution in [-0.4, -0.2) is 40.1 Å². The number of methoxy groups -OCH3 is 2. The zero-order chi connectivity index (χ0) is 21.0. The average Bonchev–Trinajstić information content (AvgIpc) is 2.72. The predicted molar refractivity (Wildman–Crippen MR) is 115 cm³/mol. The minimum atomic E-state index is -0.204. The fourth-order valence-corrected chi connectivity index (χ4v) is 3.53. The lowest BCUT2D eigenvalue weighted by Gasteiger charge is -2.37. The first-order chi connectivity index (χ1) is 13.9. The van der Waals surface area contributed by atoms with Crippen LogP contribution < -0.4 is 19.3 Å². The first kappa shape index (κ1) is 21.0. The molecule has 0 N–H and O–H groups in total. The van der Waals surface area contributed by atoms with E-state index in [4.69, 9.17) is 14.2 Å². The van der Waals surface area contributed by atoms with E-state index in [1.54, 1.807) is 24.0 Å². The highest BCUT2D eigenvalue weighted by Gasteiger charge is 2.33. The second kappa shape index (κ2) is 8.74. The van der Waals surface area contributed by atoms with Gasteiger partial charge >= 0.3 is 6.03 Å². The smallest absolute Gasteiger partial charge is 0.329 e. The van der Waals surface area contributed by atoms with Crippen molar-refractivity contribution in [3.63, 3.8) is 0 Å². The number of ether oxygens (including phenoxy) is 3. The molecule has 1 fully saturated rings. The molecule has 0 atom stereocenters. The number of nitrogens with zero attached hydrogens (tertiary/aromatic N) is 2. The van der Waals surface area contributed by atoms with Gasteiger partial charge in [0.1, 0.15) is 11.5 Å². The minimum absolute atomic E-state index is 0.0715. The van der Waals surface area contributed by atoms with E-state index in [1.807, 2.05) is 42.5 Å². The zero-order valence-electron chi connectivity index (χ0n) is 17.9. The van der Waals surface area contributed by atoms with Crippen molar-refractivity contribution in [2.75, 3.05) is 43.9 Å². The van der Waals surface area contributed by atoms with E-state index in [1.165, 1.54) is 0 Å². The van der Waals surface area contributed by atoms with Gasteiger partial charge in [-0.15, -0.1) is 0 Å². The SMILES string of the molecule is COCOc1c(N2CCCN(c3ccccc3)C2=O)cc(OC)cc1C(C)(C)C. The molecule has 2 aromatic rings. The summed E-state index contributed by atoms with van der Waals surface area (Å²) in [5.41, 5.74) is 2.36. The lowest BCUT2D eigenvalue weighted by Crippen LogP contribution is -2.50. The number of hydrogen-bond acceptors (Lipinski definition) is 4. The quantitative estimate of drug-likeness (QED) is 0.655. The number of benzene rings is 2. The first-order valence-electron chi connectivity index (χ1n) is 9.85. The summed E-state index contributed by atoms with van der Waals surface area (Å²) >= 11 is 0. The number of rotatable bonds is 6. The van der Waals surface area contributed by atoms with E-state index in [-0.39, 0.29) is 18.2 Å². The third-order valence-corrected chi connectivity index (χ3v) is 4.99. The Kier molecular flexibility index (Phi) is 6.33. The minimum Gasteiger partial charge on any atom is -0.497 e. The van der Waals surface area contributed by atoms with E-state index < -0.39 is 0 Å². The van der Waals surface area contributed by atoms with Gasteiger partial charge in [-0.1, -0.05) is 39.0 Å². The van der Waals surface area contributed by atoms with Crippen LogP contribution in [0.3, 0.4) is 0 Å². The van der Waals surface area contributed by atoms with Crippen molar-refractivity contribution in [2.45, 2.75) is 32.6 Å². The third-order valence-electron chi connectivity index (χ3n) is 4.99. The molecule has 29 heavy (non-hydrogen) atoms. The van der Waals surface area contributed by atoms with E-state index in [2.05, 4.69) is 20.8 Å². The zero-order valence-corrected chi connectivity index (χ0v) is 17.9. The number of carbonyl (C=O) groups excluding carboxylic acids is 1. The van der Waals surface area contributed by atoms with Crippen molar-refractivity contribution < 1.29 is 19.0 Å².